The molecule has 0 radical (unpaired) electrons. The summed E-state index contributed by atoms with van der Waals surface area (Å²) in [5.41, 5.74) is -0.607. The van der Waals surface area contributed by atoms with Gasteiger partial charge in [0.1, 0.15) is 5.60 Å². The summed E-state index contributed by atoms with van der Waals surface area (Å²) >= 11 is 0. The first kappa shape index (κ1) is 9.67. The maximum atomic E-state index is 8.60. The standard InChI is InChI=1S/C7H15NOSi/c1-7(2,6-8)9-10(3,4)5/h1-5H3. The van der Waals surface area contributed by atoms with Gasteiger partial charge in [0.05, 0.1) is 6.07 Å². The second-order valence-electron chi connectivity index (χ2n) is 3.84. The summed E-state index contributed by atoms with van der Waals surface area (Å²) in [6.07, 6.45) is 0. The van der Waals surface area contributed by atoms with E-state index in [2.05, 4.69) is 25.7 Å². The van der Waals surface area contributed by atoms with Crippen molar-refractivity contribution in [2.75, 3.05) is 0 Å². The molecule has 3 heteroatoms. The number of hydrogen-bond acceptors (Lipinski definition) is 2. The molecule has 0 atom stereocenters. The zero-order valence-corrected chi connectivity index (χ0v) is 8.36. The van der Waals surface area contributed by atoms with Gasteiger partial charge in [0.15, 0.2) is 8.32 Å². The van der Waals surface area contributed by atoms with Crippen LogP contribution in [0, 0.1) is 11.3 Å². The molecule has 0 bridgehead atoms. The Morgan fingerprint density at radius 2 is 1.70 bits per heavy atom. The van der Waals surface area contributed by atoms with Gasteiger partial charge < -0.3 is 4.43 Å². The molecule has 0 aliphatic carbocycles. The van der Waals surface area contributed by atoms with Crippen molar-refractivity contribution in [3.05, 3.63) is 0 Å². The van der Waals surface area contributed by atoms with Crippen LogP contribution in [-0.4, -0.2) is 13.9 Å². The summed E-state index contributed by atoms with van der Waals surface area (Å²) in [7, 11) is -1.54. The molecule has 0 aliphatic heterocycles. The van der Waals surface area contributed by atoms with Crippen LogP contribution in [0.4, 0.5) is 0 Å². The van der Waals surface area contributed by atoms with Crippen molar-refractivity contribution in [3.63, 3.8) is 0 Å². The van der Waals surface area contributed by atoms with E-state index in [-0.39, 0.29) is 0 Å². The normalized spacial score (nSPS) is 12.8. The maximum absolute atomic E-state index is 8.60. The predicted molar refractivity (Wildman–Crippen MR) is 44.1 cm³/mol. The summed E-state index contributed by atoms with van der Waals surface area (Å²) in [6, 6.07) is 2.11. The van der Waals surface area contributed by atoms with Crippen molar-refractivity contribution in [1.29, 1.82) is 5.26 Å². The minimum atomic E-state index is -1.54. The van der Waals surface area contributed by atoms with Gasteiger partial charge in [-0.05, 0) is 33.5 Å². The fourth-order valence-electron chi connectivity index (χ4n) is 0.788. The van der Waals surface area contributed by atoms with E-state index in [4.69, 9.17) is 9.69 Å². The van der Waals surface area contributed by atoms with Gasteiger partial charge in [-0.2, -0.15) is 5.26 Å². The lowest BCUT2D eigenvalue weighted by atomic mass is 10.2. The Bertz CT molecular complexity index is 152. The Balaban J connectivity index is 4.05. The van der Waals surface area contributed by atoms with Crippen LogP contribution in [0.2, 0.25) is 19.6 Å². The zero-order chi connectivity index (χ0) is 8.41. The molecular weight excluding hydrogens is 142 g/mol. The highest BCUT2D eigenvalue weighted by atomic mass is 28.4. The zero-order valence-electron chi connectivity index (χ0n) is 7.36. The molecule has 0 aliphatic rings. The molecule has 2 nitrogen and oxygen atoms in total. The lowest BCUT2D eigenvalue weighted by molar-refractivity contribution is 0.162. The summed E-state index contributed by atoms with van der Waals surface area (Å²) in [5, 5.41) is 8.60. The highest BCUT2D eigenvalue weighted by Crippen LogP contribution is 2.15. The summed E-state index contributed by atoms with van der Waals surface area (Å²) in [4.78, 5) is 0. The molecule has 0 heterocycles. The van der Waals surface area contributed by atoms with Crippen molar-refractivity contribution >= 4 is 8.32 Å². The fraction of sp³-hybridized carbons (Fsp3) is 0.857. The molecule has 0 rings (SSSR count). The minimum absolute atomic E-state index is 0.607. The van der Waals surface area contributed by atoms with Crippen LogP contribution < -0.4 is 0 Å². The summed E-state index contributed by atoms with van der Waals surface area (Å²) in [5.74, 6) is 0. The van der Waals surface area contributed by atoms with E-state index in [0.29, 0.717) is 0 Å². The van der Waals surface area contributed by atoms with E-state index in [9.17, 15) is 0 Å². The molecule has 0 unspecified atom stereocenters. The quantitative estimate of drug-likeness (QED) is 0.575. The Hall–Kier alpha value is -0.333. The van der Waals surface area contributed by atoms with Gasteiger partial charge in [0.25, 0.3) is 0 Å². The van der Waals surface area contributed by atoms with E-state index in [1.165, 1.54) is 0 Å². The highest BCUT2D eigenvalue weighted by molar-refractivity contribution is 6.69. The molecular formula is C7H15NOSi. The molecule has 0 fully saturated rings. The number of rotatable bonds is 2. The fourth-order valence-corrected chi connectivity index (χ4v) is 2.36. The molecule has 0 saturated carbocycles. The van der Waals surface area contributed by atoms with Crippen molar-refractivity contribution < 1.29 is 4.43 Å². The van der Waals surface area contributed by atoms with Crippen LogP contribution in [0.3, 0.4) is 0 Å². The van der Waals surface area contributed by atoms with Crippen molar-refractivity contribution in [2.24, 2.45) is 0 Å². The monoisotopic (exact) mass is 157 g/mol. The van der Waals surface area contributed by atoms with Crippen molar-refractivity contribution in [3.8, 4) is 6.07 Å². The Morgan fingerprint density at radius 3 is 1.80 bits per heavy atom. The van der Waals surface area contributed by atoms with Gasteiger partial charge in [-0.25, -0.2) is 0 Å². The van der Waals surface area contributed by atoms with E-state index in [1.54, 1.807) is 13.8 Å². The Kier molecular flexibility index (Phi) is 2.64. The van der Waals surface area contributed by atoms with Crippen LogP contribution in [0.25, 0.3) is 0 Å². The number of nitriles is 1. The van der Waals surface area contributed by atoms with E-state index in [0.717, 1.165) is 0 Å². The van der Waals surface area contributed by atoms with Crippen molar-refractivity contribution in [1.82, 2.24) is 0 Å². The van der Waals surface area contributed by atoms with Crippen LogP contribution in [-0.2, 0) is 4.43 Å². The first-order valence-electron chi connectivity index (χ1n) is 3.38. The smallest absolute Gasteiger partial charge is 0.185 e. The van der Waals surface area contributed by atoms with Crippen LogP contribution in [0.15, 0.2) is 0 Å². The third-order valence-corrected chi connectivity index (χ3v) is 1.95. The summed E-state index contributed by atoms with van der Waals surface area (Å²) in [6.45, 7) is 9.82. The highest BCUT2D eigenvalue weighted by Gasteiger charge is 2.26. The lowest BCUT2D eigenvalue weighted by Crippen LogP contribution is -2.37. The Morgan fingerprint density at radius 1 is 1.30 bits per heavy atom. The van der Waals surface area contributed by atoms with Crippen LogP contribution in [0.5, 0.6) is 0 Å². The second-order valence-corrected chi connectivity index (χ2v) is 8.27. The average Bonchev–Trinajstić information content (AvgIpc) is 1.60. The summed E-state index contributed by atoms with van der Waals surface area (Å²) < 4.78 is 5.55. The van der Waals surface area contributed by atoms with Gasteiger partial charge in [-0.1, -0.05) is 0 Å². The predicted octanol–water partition coefficient (Wildman–Crippen LogP) is 2.14. The number of nitrogens with zero attached hydrogens (tertiary/aromatic N) is 1. The molecule has 0 saturated heterocycles. The Labute approximate surface area is 63.9 Å². The molecule has 0 amide bonds. The molecule has 58 valence electrons. The first-order chi connectivity index (χ1) is 4.27. The van der Waals surface area contributed by atoms with Crippen molar-refractivity contribution in [2.45, 2.75) is 39.1 Å². The molecule has 10 heavy (non-hydrogen) atoms. The van der Waals surface area contributed by atoms with E-state index in [1.807, 2.05) is 0 Å². The van der Waals surface area contributed by atoms with Crippen LogP contribution >= 0.6 is 0 Å². The maximum Gasteiger partial charge on any atom is 0.185 e. The average molecular weight is 157 g/mol. The third-order valence-electron chi connectivity index (χ3n) is 0.831. The minimum Gasteiger partial charge on any atom is -0.400 e. The lowest BCUT2D eigenvalue weighted by Gasteiger charge is -2.26. The van der Waals surface area contributed by atoms with Gasteiger partial charge in [-0.15, -0.1) is 0 Å². The van der Waals surface area contributed by atoms with Crippen LogP contribution in [0.1, 0.15) is 13.8 Å². The molecule has 0 aromatic carbocycles. The van der Waals surface area contributed by atoms with Gasteiger partial charge in [0.2, 0.25) is 0 Å². The first-order valence-corrected chi connectivity index (χ1v) is 6.79. The van der Waals surface area contributed by atoms with Gasteiger partial charge >= 0.3 is 0 Å². The van der Waals surface area contributed by atoms with E-state index >= 15 is 0 Å². The van der Waals surface area contributed by atoms with Gasteiger partial charge in [-0.3, -0.25) is 0 Å². The third kappa shape index (κ3) is 4.54. The molecule has 0 spiro atoms. The number of hydrogen-bond donors (Lipinski definition) is 0. The topological polar surface area (TPSA) is 33.0 Å². The van der Waals surface area contributed by atoms with E-state index < -0.39 is 13.9 Å². The molecule has 0 N–H and O–H groups in total. The SMILES string of the molecule is CC(C)(C#N)O[Si](C)(C)C. The second kappa shape index (κ2) is 2.73. The molecule has 0 aromatic rings. The molecule has 0 aromatic heterocycles. The largest absolute Gasteiger partial charge is 0.400 e. The van der Waals surface area contributed by atoms with Gasteiger partial charge in [0, 0.05) is 0 Å².